The number of aromatic nitrogens is 2. The van der Waals surface area contributed by atoms with Gasteiger partial charge in [-0.05, 0) is 49.0 Å². The number of anilines is 1. The smallest absolute Gasteiger partial charge is 0.283 e. The van der Waals surface area contributed by atoms with E-state index < -0.39 is 0 Å². The maximum absolute atomic E-state index is 11.9. The molecule has 0 atom stereocenters. The minimum Gasteiger partial charge on any atom is -0.396 e. The highest BCUT2D eigenvalue weighted by Crippen LogP contribution is 2.17. The lowest BCUT2D eigenvalue weighted by Gasteiger charge is -2.12. The highest BCUT2D eigenvalue weighted by Gasteiger charge is 2.10. The van der Waals surface area contributed by atoms with E-state index in [0.29, 0.717) is 4.47 Å². The molecule has 0 bridgehead atoms. The van der Waals surface area contributed by atoms with Crippen LogP contribution in [0.1, 0.15) is 39.2 Å². The van der Waals surface area contributed by atoms with E-state index in [1.807, 2.05) is 13.8 Å². The van der Waals surface area contributed by atoms with Crippen molar-refractivity contribution in [2.45, 2.75) is 39.2 Å². The lowest BCUT2D eigenvalue weighted by Crippen LogP contribution is -2.26. The Kier molecular flexibility index (Phi) is 6.35. The molecule has 0 unspecified atom stereocenters. The molecule has 2 N–H and O–H groups in total. The zero-order valence-corrected chi connectivity index (χ0v) is 12.4. The topological polar surface area (TPSA) is 67.2 Å². The van der Waals surface area contributed by atoms with Crippen molar-refractivity contribution in [1.82, 2.24) is 9.78 Å². The molecular weight excluding hydrogens is 298 g/mol. The lowest BCUT2D eigenvalue weighted by atomic mass is 10.2. The predicted molar refractivity (Wildman–Crippen MR) is 76.0 cm³/mol. The van der Waals surface area contributed by atoms with Gasteiger partial charge < -0.3 is 10.4 Å². The molecule has 1 heterocycles. The van der Waals surface area contributed by atoms with Gasteiger partial charge in [0.05, 0.1) is 17.9 Å². The summed E-state index contributed by atoms with van der Waals surface area (Å²) in [5.41, 5.74) is 0.603. The van der Waals surface area contributed by atoms with Gasteiger partial charge in [0.2, 0.25) is 0 Å². The van der Waals surface area contributed by atoms with Crippen molar-refractivity contribution in [3.8, 4) is 0 Å². The second-order valence-electron chi connectivity index (χ2n) is 4.43. The molecule has 0 aliphatic carbocycles. The molecule has 0 aliphatic rings. The van der Waals surface area contributed by atoms with Gasteiger partial charge in [-0.25, -0.2) is 4.68 Å². The van der Waals surface area contributed by atoms with E-state index in [9.17, 15) is 4.79 Å². The first-order valence-corrected chi connectivity index (χ1v) is 6.99. The Morgan fingerprint density at radius 1 is 1.44 bits per heavy atom. The van der Waals surface area contributed by atoms with E-state index >= 15 is 0 Å². The van der Waals surface area contributed by atoms with Crippen LogP contribution in [-0.2, 0) is 0 Å². The first kappa shape index (κ1) is 15.2. The summed E-state index contributed by atoms with van der Waals surface area (Å²) in [4.78, 5) is 11.9. The Balaban J connectivity index is 2.63. The molecular formula is C12H20BrN3O2. The molecule has 0 radical (unpaired) electrons. The molecule has 0 saturated heterocycles. The Morgan fingerprint density at radius 2 is 2.17 bits per heavy atom. The summed E-state index contributed by atoms with van der Waals surface area (Å²) in [7, 11) is 0. The van der Waals surface area contributed by atoms with Crippen molar-refractivity contribution in [2.75, 3.05) is 18.5 Å². The number of hydrogen-bond acceptors (Lipinski definition) is 4. The molecule has 102 valence electrons. The minimum atomic E-state index is -0.120. The first-order chi connectivity index (χ1) is 8.57. The van der Waals surface area contributed by atoms with Crippen LogP contribution in [-0.4, -0.2) is 28.0 Å². The standard InChI is InChI=1S/C12H20BrN3O2/c1-9(2)16-12(18)11(13)10(8-15-16)14-6-4-3-5-7-17/h8-9,14,17H,3-7H2,1-2H3. The van der Waals surface area contributed by atoms with Crippen LogP contribution in [0.2, 0.25) is 0 Å². The molecule has 6 heteroatoms. The van der Waals surface area contributed by atoms with Crippen LogP contribution in [0.5, 0.6) is 0 Å². The summed E-state index contributed by atoms with van der Waals surface area (Å²) < 4.78 is 1.97. The molecule has 1 aromatic heterocycles. The number of nitrogens with one attached hydrogen (secondary N) is 1. The molecule has 0 saturated carbocycles. The Hall–Kier alpha value is -0.880. The van der Waals surface area contributed by atoms with Crippen LogP contribution in [0, 0.1) is 0 Å². The van der Waals surface area contributed by atoms with E-state index in [1.165, 1.54) is 4.68 Å². The SMILES string of the molecule is CC(C)n1ncc(NCCCCCO)c(Br)c1=O. The number of hydrogen-bond donors (Lipinski definition) is 2. The first-order valence-electron chi connectivity index (χ1n) is 6.20. The van der Waals surface area contributed by atoms with Crippen LogP contribution >= 0.6 is 15.9 Å². The van der Waals surface area contributed by atoms with Crippen LogP contribution in [0.25, 0.3) is 0 Å². The largest absolute Gasteiger partial charge is 0.396 e. The van der Waals surface area contributed by atoms with Gasteiger partial charge in [-0.3, -0.25) is 4.79 Å². The second kappa shape index (κ2) is 7.53. The van der Waals surface area contributed by atoms with Crippen molar-refractivity contribution in [2.24, 2.45) is 0 Å². The summed E-state index contributed by atoms with van der Waals surface area (Å²) in [6, 6.07) is 0.0485. The molecule has 0 amide bonds. The quantitative estimate of drug-likeness (QED) is 0.756. The maximum atomic E-state index is 11.9. The fourth-order valence-corrected chi connectivity index (χ4v) is 2.00. The fraction of sp³-hybridized carbons (Fsp3) is 0.667. The third-order valence-electron chi connectivity index (χ3n) is 2.58. The fourth-order valence-electron chi connectivity index (χ4n) is 1.57. The third kappa shape index (κ3) is 4.10. The summed E-state index contributed by atoms with van der Waals surface area (Å²) in [5.74, 6) is 0. The van der Waals surface area contributed by atoms with Crippen LogP contribution in [0.3, 0.4) is 0 Å². The van der Waals surface area contributed by atoms with Gasteiger partial charge >= 0.3 is 0 Å². The lowest BCUT2D eigenvalue weighted by molar-refractivity contribution is 0.283. The zero-order valence-electron chi connectivity index (χ0n) is 10.8. The molecule has 1 aromatic rings. The van der Waals surface area contributed by atoms with Gasteiger partial charge in [0.1, 0.15) is 4.47 Å². The molecule has 0 aliphatic heterocycles. The predicted octanol–water partition coefficient (Wildman–Crippen LogP) is 2.16. The Labute approximate surface area is 115 Å². The molecule has 5 nitrogen and oxygen atoms in total. The van der Waals surface area contributed by atoms with E-state index in [0.717, 1.165) is 31.5 Å². The van der Waals surface area contributed by atoms with Gasteiger partial charge in [-0.15, -0.1) is 0 Å². The Morgan fingerprint density at radius 3 is 2.78 bits per heavy atom. The van der Waals surface area contributed by atoms with Gasteiger partial charge in [0.25, 0.3) is 5.56 Å². The summed E-state index contributed by atoms with van der Waals surface area (Å²) in [6.07, 6.45) is 4.41. The number of rotatable bonds is 7. The van der Waals surface area contributed by atoms with Crippen molar-refractivity contribution < 1.29 is 5.11 Å². The molecule has 18 heavy (non-hydrogen) atoms. The summed E-state index contributed by atoms with van der Waals surface area (Å²) in [6.45, 7) is 4.84. The normalized spacial score (nSPS) is 10.9. The number of nitrogens with zero attached hydrogens (tertiary/aromatic N) is 2. The highest BCUT2D eigenvalue weighted by molar-refractivity contribution is 9.10. The van der Waals surface area contributed by atoms with Crippen molar-refractivity contribution in [1.29, 1.82) is 0 Å². The average molecular weight is 318 g/mol. The van der Waals surface area contributed by atoms with Gasteiger partial charge in [-0.1, -0.05) is 0 Å². The summed E-state index contributed by atoms with van der Waals surface area (Å²) >= 11 is 3.31. The molecule has 0 spiro atoms. The van der Waals surface area contributed by atoms with Crippen LogP contribution in [0.4, 0.5) is 5.69 Å². The summed E-state index contributed by atoms with van der Waals surface area (Å²) in [5, 5.41) is 16.0. The molecule has 0 fully saturated rings. The Bertz CT molecular complexity index is 432. The molecule has 1 rings (SSSR count). The van der Waals surface area contributed by atoms with Crippen molar-refractivity contribution >= 4 is 21.6 Å². The van der Waals surface area contributed by atoms with Crippen molar-refractivity contribution in [3.05, 3.63) is 21.0 Å². The van der Waals surface area contributed by atoms with Crippen LogP contribution < -0.4 is 10.9 Å². The number of aliphatic hydroxyl groups is 1. The maximum Gasteiger partial charge on any atom is 0.283 e. The average Bonchev–Trinajstić information content (AvgIpc) is 2.33. The number of halogens is 1. The minimum absolute atomic E-state index is 0.0485. The molecule has 0 aromatic carbocycles. The third-order valence-corrected chi connectivity index (χ3v) is 3.35. The van der Waals surface area contributed by atoms with Crippen molar-refractivity contribution in [3.63, 3.8) is 0 Å². The number of unbranched alkanes of at least 4 members (excludes halogenated alkanes) is 2. The van der Waals surface area contributed by atoms with Crippen LogP contribution in [0.15, 0.2) is 15.5 Å². The van der Waals surface area contributed by atoms with E-state index in [4.69, 9.17) is 5.11 Å². The zero-order chi connectivity index (χ0) is 13.5. The van der Waals surface area contributed by atoms with Gasteiger partial charge in [0, 0.05) is 13.2 Å². The monoisotopic (exact) mass is 317 g/mol. The van der Waals surface area contributed by atoms with Gasteiger partial charge in [-0.2, -0.15) is 5.10 Å². The van der Waals surface area contributed by atoms with E-state index in [2.05, 4.69) is 26.3 Å². The van der Waals surface area contributed by atoms with Gasteiger partial charge in [0.15, 0.2) is 0 Å². The number of aliphatic hydroxyl groups excluding tert-OH is 1. The second-order valence-corrected chi connectivity index (χ2v) is 5.22. The van der Waals surface area contributed by atoms with E-state index in [1.54, 1.807) is 6.20 Å². The highest BCUT2D eigenvalue weighted by atomic mass is 79.9. The van der Waals surface area contributed by atoms with E-state index in [-0.39, 0.29) is 18.2 Å².